The Labute approximate surface area is 161 Å². The molecule has 1 aromatic heterocycles. The SMILES string of the molecule is Cc1[nH]c2ccccc2c1CCNCc1c(F)cc(CCC(=O)NO)cc1F. The standard InChI is InChI=1S/C21H23F2N3O2/c1-13-15(16-4-2-3-5-20(16)25-13)8-9-24-12-17-18(22)10-14(11-19(17)23)6-7-21(27)26-28/h2-5,10-11,24-25,28H,6-9,12H2,1H3,(H,26,27). The summed E-state index contributed by atoms with van der Waals surface area (Å²) in [6, 6.07) is 10.5. The minimum Gasteiger partial charge on any atom is -0.358 e. The minimum absolute atomic E-state index is 0.0222. The van der Waals surface area contributed by atoms with Crippen LogP contribution in [-0.4, -0.2) is 22.6 Å². The molecule has 0 aliphatic carbocycles. The Morgan fingerprint density at radius 1 is 1.11 bits per heavy atom. The van der Waals surface area contributed by atoms with Gasteiger partial charge in [0.2, 0.25) is 5.91 Å². The van der Waals surface area contributed by atoms with Crippen LogP contribution < -0.4 is 10.8 Å². The number of carbonyl (C=O) groups excluding carboxylic acids is 1. The highest BCUT2D eigenvalue weighted by Gasteiger charge is 2.13. The molecule has 4 N–H and O–H groups in total. The van der Waals surface area contributed by atoms with Crippen molar-refractivity contribution in [3.05, 3.63) is 70.4 Å². The van der Waals surface area contributed by atoms with Crippen molar-refractivity contribution in [2.75, 3.05) is 6.54 Å². The van der Waals surface area contributed by atoms with E-state index >= 15 is 0 Å². The van der Waals surface area contributed by atoms with E-state index in [1.807, 2.05) is 25.1 Å². The Hall–Kier alpha value is -2.77. The highest BCUT2D eigenvalue weighted by Crippen LogP contribution is 2.22. The summed E-state index contributed by atoms with van der Waals surface area (Å²) in [7, 11) is 0. The van der Waals surface area contributed by atoms with E-state index in [0.29, 0.717) is 12.1 Å². The van der Waals surface area contributed by atoms with E-state index < -0.39 is 17.5 Å². The van der Waals surface area contributed by atoms with Crippen molar-refractivity contribution in [3.63, 3.8) is 0 Å². The molecule has 0 aliphatic rings. The molecule has 0 aliphatic heterocycles. The molecular formula is C21H23F2N3O2. The van der Waals surface area contributed by atoms with Gasteiger partial charge in [0.25, 0.3) is 0 Å². The van der Waals surface area contributed by atoms with E-state index in [1.54, 1.807) is 0 Å². The van der Waals surface area contributed by atoms with Crippen LogP contribution in [-0.2, 0) is 24.2 Å². The molecule has 2 aromatic carbocycles. The first-order valence-corrected chi connectivity index (χ1v) is 9.16. The van der Waals surface area contributed by atoms with Gasteiger partial charge in [-0.1, -0.05) is 18.2 Å². The van der Waals surface area contributed by atoms with E-state index in [1.165, 1.54) is 23.2 Å². The van der Waals surface area contributed by atoms with Crippen LogP contribution in [0.5, 0.6) is 0 Å². The fraction of sp³-hybridized carbons (Fsp3) is 0.286. The van der Waals surface area contributed by atoms with Gasteiger partial charge in [0.05, 0.1) is 0 Å². The molecule has 0 atom stereocenters. The Bertz CT molecular complexity index is 962. The molecule has 148 valence electrons. The van der Waals surface area contributed by atoms with E-state index in [0.717, 1.165) is 23.0 Å². The predicted molar refractivity (Wildman–Crippen MR) is 103 cm³/mol. The molecule has 3 rings (SSSR count). The Morgan fingerprint density at radius 2 is 1.82 bits per heavy atom. The number of hydroxylamine groups is 1. The van der Waals surface area contributed by atoms with Crippen LogP contribution >= 0.6 is 0 Å². The van der Waals surface area contributed by atoms with Gasteiger partial charge in [-0.25, -0.2) is 14.3 Å². The number of aromatic nitrogens is 1. The van der Waals surface area contributed by atoms with Crippen LogP contribution in [0.1, 0.15) is 28.8 Å². The van der Waals surface area contributed by atoms with Crippen molar-refractivity contribution >= 4 is 16.8 Å². The first-order chi connectivity index (χ1) is 13.5. The fourth-order valence-corrected chi connectivity index (χ4v) is 3.37. The van der Waals surface area contributed by atoms with Crippen molar-refractivity contribution in [2.24, 2.45) is 0 Å². The van der Waals surface area contributed by atoms with Crippen LogP contribution in [0.2, 0.25) is 0 Å². The number of hydrogen-bond acceptors (Lipinski definition) is 3. The van der Waals surface area contributed by atoms with E-state index in [4.69, 9.17) is 5.21 Å². The van der Waals surface area contributed by atoms with Crippen molar-refractivity contribution in [1.82, 2.24) is 15.8 Å². The number of amides is 1. The molecule has 0 spiro atoms. The van der Waals surface area contributed by atoms with Gasteiger partial charge in [0.1, 0.15) is 11.6 Å². The third kappa shape index (κ3) is 4.55. The number of rotatable bonds is 8. The van der Waals surface area contributed by atoms with Gasteiger partial charge >= 0.3 is 0 Å². The second-order valence-corrected chi connectivity index (χ2v) is 6.77. The second kappa shape index (κ2) is 8.95. The summed E-state index contributed by atoms with van der Waals surface area (Å²) in [6.45, 7) is 2.68. The molecule has 1 amide bonds. The van der Waals surface area contributed by atoms with Crippen LogP contribution in [0.25, 0.3) is 10.9 Å². The number of aryl methyl sites for hydroxylation is 2. The zero-order chi connectivity index (χ0) is 20.1. The molecule has 0 radical (unpaired) electrons. The lowest BCUT2D eigenvalue weighted by Crippen LogP contribution is -2.20. The van der Waals surface area contributed by atoms with Gasteiger partial charge in [0.15, 0.2) is 0 Å². The number of para-hydroxylation sites is 1. The molecule has 7 heteroatoms. The smallest absolute Gasteiger partial charge is 0.243 e. The molecule has 5 nitrogen and oxygen atoms in total. The van der Waals surface area contributed by atoms with E-state index in [-0.39, 0.29) is 24.9 Å². The summed E-state index contributed by atoms with van der Waals surface area (Å²) in [5.74, 6) is -1.88. The van der Waals surface area contributed by atoms with Gasteiger partial charge in [-0.05, 0) is 55.6 Å². The normalized spacial score (nSPS) is 11.1. The average Bonchev–Trinajstić information content (AvgIpc) is 3.00. The largest absolute Gasteiger partial charge is 0.358 e. The van der Waals surface area contributed by atoms with Crippen LogP contribution in [0.4, 0.5) is 8.78 Å². The molecule has 0 saturated heterocycles. The number of carbonyl (C=O) groups is 1. The van der Waals surface area contributed by atoms with Crippen molar-refractivity contribution < 1.29 is 18.8 Å². The lowest BCUT2D eigenvalue weighted by atomic mass is 10.1. The number of hydrogen-bond donors (Lipinski definition) is 4. The maximum absolute atomic E-state index is 14.3. The first kappa shape index (κ1) is 20.0. The van der Waals surface area contributed by atoms with Crippen molar-refractivity contribution in [2.45, 2.75) is 32.7 Å². The molecule has 0 bridgehead atoms. The summed E-state index contributed by atoms with van der Waals surface area (Å²) in [6.07, 6.45) is 0.845. The van der Waals surface area contributed by atoms with Gasteiger partial charge < -0.3 is 10.3 Å². The highest BCUT2D eigenvalue weighted by molar-refractivity contribution is 5.84. The fourth-order valence-electron chi connectivity index (χ4n) is 3.37. The minimum atomic E-state index is -0.643. The summed E-state index contributed by atoms with van der Waals surface area (Å²) in [4.78, 5) is 14.4. The number of nitrogens with one attached hydrogen (secondary N) is 3. The Balaban J connectivity index is 1.58. The summed E-state index contributed by atoms with van der Waals surface area (Å²) < 4.78 is 28.5. The number of halogens is 2. The topological polar surface area (TPSA) is 77.2 Å². The number of benzene rings is 2. The van der Waals surface area contributed by atoms with E-state index in [9.17, 15) is 13.6 Å². The Morgan fingerprint density at radius 3 is 2.54 bits per heavy atom. The summed E-state index contributed by atoms with van der Waals surface area (Å²) in [5, 5.41) is 12.7. The zero-order valence-electron chi connectivity index (χ0n) is 15.6. The molecule has 3 aromatic rings. The zero-order valence-corrected chi connectivity index (χ0v) is 15.6. The molecule has 1 heterocycles. The average molecular weight is 387 g/mol. The van der Waals surface area contributed by atoms with Crippen LogP contribution in [0, 0.1) is 18.6 Å². The first-order valence-electron chi connectivity index (χ1n) is 9.16. The third-order valence-electron chi connectivity index (χ3n) is 4.85. The number of aromatic amines is 1. The lowest BCUT2D eigenvalue weighted by molar-refractivity contribution is -0.129. The van der Waals surface area contributed by atoms with Crippen LogP contribution in [0.15, 0.2) is 36.4 Å². The van der Waals surface area contributed by atoms with Gasteiger partial charge in [-0.15, -0.1) is 0 Å². The number of fused-ring (bicyclic) bond motifs is 1. The molecule has 0 unspecified atom stereocenters. The van der Waals surface area contributed by atoms with Gasteiger partial charge in [-0.3, -0.25) is 10.0 Å². The summed E-state index contributed by atoms with van der Waals surface area (Å²) in [5.41, 5.74) is 5.22. The predicted octanol–water partition coefficient (Wildman–Crippen LogP) is 3.52. The molecule has 0 fully saturated rings. The van der Waals surface area contributed by atoms with Crippen molar-refractivity contribution in [3.8, 4) is 0 Å². The second-order valence-electron chi connectivity index (χ2n) is 6.77. The Kier molecular flexibility index (Phi) is 6.38. The lowest BCUT2D eigenvalue weighted by Gasteiger charge is -2.10. The maximum atomic E-state index is 14.3. The highest BCUT2D eigenvalue weighted by atomic mass is 19.1. The third-order valence-corrected chi connectivity index (χ3v) is 4.85. The van der Waals surface area contributed by atoms with E-state index in [2.05, 4.69) is 16.4 Å². The maximum Gasteiger partial charge on any atom is 0.243 e. The molecule has 0 saturated carbocycles. The monoisotopic (exact) mass is 387 g/mol. The van der Waals surface area contributed by atoms with Gasteiger partial charge in [-0.2, -0.15) is 0 Å². The van der Waals surface area contributed by atoms with Crippen LogP contribution in [0.3, 0.4) is 0 Å². The quantitative estimate of drug-likeness (QED) is 0.271. The van der Waals surface area contributed by atoms with Gasteiger partial charge in [0, 0.05) is 35.1 Å². The summed E-state index contributed by atoms with van der Waals surface area (Å²) >= 11 is 0. The molecular weight excluding hydrogens is 364 g/mol. The number of H-pyrrole nitrogens is 1. The molecule has 28 heavy (non-hydrogen) atoms. The van der Waals surface area contributed by atoms with Crippen molar-refractivity contribution in [1.29, 1.82) is 0 Å².